The molecule has 1 unspecified atom stereocenters. The van der Waals surface area contributed by atoms with Crippen LogP contribution in [0.2, 0.25) is 0 Å². The SMILES string of the molecule is Br.CCC(N)P(C)(C)=O. The second-order valence-electron chi connectivity index (χ2n) is 2.41. The monoisotopic (exact) mass is 215 g/mol. The zero-order valence-electron chi connectivity index (χ0n) is 6.13. The van der Waals surface area contributed by atoms with Crippen LogP contribution in [0, 0.1) is 0 Å². The molecular weight excluding hydrogens is 201 g/mol. The van der Waals surface area contributed by atoms with Gasteiger partial charge in [0.15, 0.2) is 0 Å². The van der Waals surface area contributed by atoms with Gasteiger partial charge in [-0.3, -0.25) is 0 Å². The highest BCUT2D eigenvalue weighted by atomic mass is 79.9. The number of rotatable bonds is 2. The van der Waals surface area contributed by atoms with Gasteiger partial charge in [0.05, 0.1) is 12.9 Å². The van der Waals surface area contributed by atoms with Gasteiger partial charge in [0.2, 0.25) is 0 Å². The van der Waals surface area contributed by atoms with E-state index < -0.39 is 7.14 Å². The standard InChI is InChI=1S/C5H14NOP.BrH/c1-4-5(6)8(2,3)7;/h5H,4,6H2,1-3H3;1H. The first-order valence-electron chi connectivity index (χ1n) is 2.78. The third-order valence-corrected chi connectivity index (χ3v) is 3.18. The Hall–Kier alpha value is 0.670. The molecule has 0 aromatic heterocycles. The van der Waals surface area contributed by atoms with E-state index in [0.717, 1.165) is 6.42 Å². The maximum absolute atomic E-state index is 11.0. The molecule has 1 atom stereocenters. The van der Waals surface area contributed by atoms with E-state index in [2.05, 4.69) is 0 Å². The Morgan fingerprint density at radius 2 is 1.89 bits per heavy atom. The molecule has 0 saturated heterocycles. The van der Waals surface area contributed by atoms with E-state index in [4.69, 9.17) is 5.73 Å². The van der Waals surface area contributed by atoms with Crippen LogP contribution in [0.1, 0.15) is 13.3 Å². The fourth-order valence-electron chi connectivity index (χ4n) is 0.440. The molecule has 0 heterocycles. The summed E-state index contributed by atoms with van der Waals surface area (Å²) in [6.45, 7) is 5.40. The van der Waals surface area contributed by atoms with Crippen molar-refractivity contribution < 1.29 is 4.57 Å². The molecular formula is C5H15BrNOP. The van der Waals surface area contributed by atoms with E-state index >= 15 is 0 Å². The molecule has 2 N–H and O–H groups in total. The summed E-state index contributed by atoms with van der Waals surface area (Å²) in [6, 6.07) is 0. The first kappa shape index (κ1) is 12.4. The van der Waals surface area contributed by atoms with E-state index in [9.17, 15) is 4.57 Å². The van der Waals surface area contributed by atoms with Crippen LogP contribution in [0.15, 0.2) is 0 Å². The van der Waals surface area contributed by atoms with E-state index in [0.29, 0.717) is 0 Å². The van der Waals surface area contributed by atoms with Crippen molar-refractivity contribution in [3.63, 3.8) is 0 Å². The summed E-state index contributed by atoms with van der Waals surface area (Å²) in [5.41, 5.74) is 5.49. The highest BCUT2D eigenvalue weighted by Gasteiger charge is 2.14. The predicted octanol–water partition coefficient (Wildman–Crippen LogP) is 1.88. The summed E-state index contributed by atoms with van der Waals surface area (Å²) in [7, 11) is -1.98. The maximum atomic E-state index is 11.0. The third-order valence-electron chi connectivity index (χ3n) is 1.22. The van der Waals surface area contributed by atoms with Crippen LogP contribution in [0.3, 0.4) is 0 Å². The zero-order valence-corrected chi connectivity index (χ0v) is 8.73. The molecule has 0 spiro atoms. The Morgan fingerprint density at radius 3 is 1.89 bits per heavy atom. The van der Waals surface area contributed by atoms with E-state index in [1.807, 2.05) is 6.92 Å². The van der Waals surface area contributed by atoms with Crippen molar-refractivity contribution in [3.8, 4) is 0 Å². The van der Waals surface area contributed by atoms with E-state index in [-0.39, 0.29) is 22.8 Å². The van der Waals surface area contributed by atoms with Crippen molar-refractivity contribution in [1.29, 1.82) is 0 Å². The van der Waals surface area contributed by atoms with Gasteiger partial charge in [-0.25, -0.2) is 0 Å². The summed E-state index contributed by atoms with van der Waals surface area (Å²) in [6.07, 6.45) is 0.810. The van der Waals surface area contributed by atoms with Crippen molar-refractivity contribution in [2.24, 2.45) is 5.73 Å². The van der Waals surface area contributed by atoms with Crippen molar-refractivity contribution in [2.45, 2.75) is 19.1 Å². The van der Waals surface area contributed by atoms with Gasteiger partial charge in [-0.15, -0.1) is 17.0 Å². The van der Waals surface area contributed by atoms with Crippen LogP contribution >= 0.6 is 24.1 Å². The Morgan fingerprint density at radius 1 is 1.56 bits per heavy atom. The Bertz CT molecular complexity index is 112. The summed E-state index contributed by atoms with van der Waals surface area (Å²) < 4.78 is 11.0. The van der Waals surface area contributed by atoms with Crippen LogP contribution in [0.4, 0.5) is 0 Å². The Kier molecular flexibility index (Phi) is 6.15. The Labute approximate surface area is 67.3 Å². The van der Waals surface area contributed by atoms with Crippen LogP contribution in [-0.4, -0.2) is 19.1 Å². The molecule has 0 bridgehead atoms. The maximum Gasteiger partial charge on any atom is 0.0976 e. The highest BCUT2D eigenvalue weighted by Crippen LogP contribution is 2.40. The van der Waals surface area contributed by atoms with Crippen molar-refractivity contribution >= 4 is 24.1 Å². The molecule has 0 aliphatic heterocycles. The molecule has 0 saturated carbocycles. The molecule has 4 heteroatoms. The zero-order chi connectivity index (χ0) is 6.78. The molecule has 9 heavy (non-hydrogen) atoms. The second kappa shape index (κ2) is 4.48. The Balaban J connectivity index is 0. The predicted molar refractivity (Wildman–Crippen MR) is 48.0 cm³/mol. The lowest BCUT2D eigenvalue weighted by atomic mass is 10.5. The molecule has 0 aromatic carbocycles. The fourth-order valence-corrected chi connectivity index (χ4v) is 1.32. The van der Waals surface area contributed by atoms with E-state index in [1.54, 1.807) is 13.3 Å². The van der Waals surface area contributed by atoms with Crippen LogP contribution in [0.25, 0.3) is 0 Å². The fraction of sp³-hybridized carbons (Fsp3) is 1.00. The molecule has 0 rings (SSSR count). The van der Waals surface area contributed by atoms with Gasteiger partial charge in [0.25, 0.3) is 0 Å². The average Bonchev–Trinajstić information content (AvgIpc) is 1.62. The molecule has 2 nitrogen and oxygen atoms in total. The van der Waals surface area contributed by atoms with Gasteiger partial charge in [-0.2, -0.15) is 0 Å². The van der Waals surface area contributed by atoms with Gasteiger partial charge in [0.1, 0.15) is 0 Å². The third kappa shape index (κ3) is 5.13. The van der Waals surface area contributed by atoms with Crippen LogP contribution in [0.5, 0.6) is 0 Å². The number of nitrogens with two attached hydrogens (primary N) is 1. The molecule has 0 aliphatic carbocycles. The molecule has 0 radical (unpaired) electrons. The lowest BCUT2D eigenvalue weighted by Gasteiger charge is -2.12. The lowest BCUT2D eigenvalue weighted by Crippen LogP contribution is -2.17. The lowest BCUT2D eigenvalue weighted by molar-refractivity contribution is 0.570. The molecule has 0 aromatic rings. The molecule has 0 fully saturated rings. The van der Waals surface area contributed by atoms with Crippen molar-refractivity contribution in [2.75, 3.05) is 13.3 Å². The molecule has 0 amide bonds. The minimum atomic E-state index is -1.98. The molecule has 58 valence electrons. The van der Waals surface area contributed by atoms with Crippen molar-refractivity contribution in [3.05, 3.63) is 0 Å². The molecule has 0 aliphatic rings. The van der Waals surface area contributed by atoms with Gasteiger partial charge in [0, 0.05) is 0 Å². The number of halogens is 1. The minimum absolute atomic E-state index is 0. The summed E-state index contributed by atoms with van der Waals surface area (Å²) in [5.74, 6) is -0.0949. The summed E-state index contributed by atoms with van der Waals surface area (Å²) >= 11 is 0. The normalized spacial score (nSPS) is 14.2. The van der Waals surface area contributed by atoms with Crippen molar-refractivity contribution in [1.82, 2.24) is 0 Å². The number of hydrogen-bond acceptors (Lipinski definition) is 2. The van der Waals surface area contributed by atoms with E-state index in [1.165, 1.54) is 0 Å². The quantitative estimate of drug-likeness (QED) is 0.716. The van der Waals surface area contributed by atoms with Crippen LogP contribution < -0.4 is 5.73 Å². The largest absolute Gasteiger partial charge is 0.323 e. The summed E-state index contributed by atoms with van der Waals surface area (Å²) in [4.78, 5) is 0. The minimum Gasteiger partial charge on any atom is -0.323 e. The first-order valence-corrected chi connectivity index (χ1v) is 5.45. The first-order chi connectivity index (χ1) is 3.48. The highest BCUT2D eigenvalue weighted by molar-refractivity contribution is 8.93. The topological polar surface area (TPSA) is 43.1 Å². The van der Waals surface area contributed by atoms with Gasteiger partial charge in [-0.1, -0.05) is 6.92 Å². The summed E-state index contributed by atoms with van der Waals surface area (Å²) in [5, 5.41) is 0. The second-order valence-corrected chi connectivity index (χ2v) is 5.94. The van der Waals surface area contributed by atoms with Crippen LogP contribution in [-0.2, 0) is 4.57 Å². The average molecular weight is 216 g/mol. The smallest absolute Gasteiger partial charge is 0.0976 e. The number of hydrogen-bond donors (Lipinski definition) is 1. The van der Waals surface area contributed by atoms with Gasteiger partial charge in [-0.05, 0) is 19.8 Å². The van der Waals surface area contributed by atoms with Gasteiger partial charge >= 0.3 is 0 Å². The van der Waals surface area contributed by atoms with Gasteiger partial charge < -0.3 is 10.3 Å².